The number of piperazine rings is 1. The van der Waals surface area contributed by atoms with Crippen LogP contribution in [0.25, 0.3) is 0 Å². The van der Waals surface area contributed by atoms with Crippen LogP contribution in [0.4, 0.5) is 10.1 Å². The summed E-state index contributed by atoms with van der Waals surface area (Å²) in [5, 5.41) is 0. The van der Waals surface area contributed by atoms with E-state index in [0.29, 0.717) is 12.1 Å². The first-order valence-electron chi connectivity index (χ1n) is 7.73. The molecule has 110 valence electrons. The van der Waals surface area contributed by atoms with Crippen molar-refractivity contribution in [2.75, 3.05) is 31.1 Å². The summed E-state index contributed by atoms with van der Waals surface area (Å²) in [6, 6.07) is 8.09. The number of hydrogen-bond donors (Lipinski definition) is 1. The van der Waals surface area contributed by atoms with Crippen molar-refractivity contribution in [3.05, 3.63) is 30.1 Å². The van der Waals surface area contributed by atoms with Gasteiger partial charge in [-0.1, -0.05) is 18.6 Å². The van der Waals surface area contributed by atoms with Gasteiger partial charge in [-0.3, -0.25) is 4.90 Å². The molecule has 0 amide bonds. The van der Waals surface area contributed by atoms with Crippen LogP contribution in [0.1, 0.15) is 25.7 Å². The van der Waals surface area contributed by atoms with Gasteiger partial charge >= 0.3 is 0 Å². The van der Waals surface area contributed by atoms with Gasteiger partial charge in [0.2, 0.25) is 0 Å². The Balaban J connectivity index is 1.58. The summed E-state index contributed by atoms with van der Waals surface area (Å²) in [7, 11) is 0. The average Bonchev–Trinajstić information content (AvgIpc) is 2.48. The van der Waals surface area contributed by atoms with Crippen molar-refractivity contribution in [2.24, 2.45) is 5.73 Å². The molecule has 4 heteroatoms. The Kier molecular flexibility index (Phi) is 4.22. The SMILES string of the molecule is NC1CCCC(N2CCN(c3ccccc3F)CC2)C1. The van der Waals surface area contributed by atoms with E-state index < -0.39 is 0 Å². The highest BCUT2D eigenvalue weighted by Crippen LogP contribution is 2.25. The molecule has 1 aliphatic carbocycles. The third-order valence-corrected chi connectivity index (χ3v) is 4.71. The Labute approximate surface area is 120 Å². The fourth-order valence-corrected chi connectivity index (χ4v) is 3.57. The van der Waals surface area contributed by atoms with E-state index in [9.17, 15) is 4.39 Å². The molecule has 3 rings (SSSR count). The minimum atomic E-state index is -0.111. The van der Waals surface area contributed by atoms with Gasteiger partial charge in [-0.05, 0) is 31.4 Å². The topological polar surface area (TPSA) is 32.5 Å². The third-order valence-electron chi connectivity index (χ3n) is 4.71. The summed E-state index contributed by atoms with van der Waals surface area (Å²) in [4.78, 5) is 4.71. The Hall–Kier alpha value is -1.13. The molecule has 0 aromatic heterocycles. The number of para-hydroxylation sites is 1. The molecule has 20 heavy (non-hydrogen) atoms. The lowest BCUT2D eigenvalue weighted by molar-refractivity contribution is 0.139. The summed E-state index contributed by atoms with van der Waals surface area (Å²) in [5.41, 5.74) is 6.83. The number of nitrogens with zero attached hydrogens (tertiary/aromatic N) is 2. The second-order valence-electron chi connectivity index (χ2n) is 6.05. The van der Waals surface area contributed by atoms with Crippen molar-refractivity contribution < 1.29 is 4.39 Å². The molecule has 3 nitrogen and oxygen atoms in total. The van der Waals surface area contributed by atoms with Gasteiger partial charge in [0.05, 0.1) is 5.69 Å². The van der Waals surface area contributed by atoms with Gasteiger partial charge in [-0.2, -0.15) is 0 Å². The first kappa shape index (κ1) is 13.8. The van der Waals surface area contributed by atoms with Crippen molar-refractivity contribution in [1.29, 1.82) is 0 Å². The van der Waals surface area contributed by atoms with Crippen LogP contribution in [0.3, 0.4) is 0 Å². The van der Waals surface area contributed by atoms with E-state index in [0.717, 1.165) is 38.3 Å². The van der Waals surface area contributed by atoms with Gasteiger partial charge in [0, 0.05) is 38.3 Å². The predicted molar refractivity (Wildman–Crippen MR) is 80.4 cm³/mol. The van der Waals surface area contributed by atoms with E-state index in [2.05, 4.69) is 9.80 Å². The Morgan fingerprint density at radius 2 is 1.80 bits per heavy atom. The molecule has 1 aromatic carbocycles. The number of nitrogens with two attached hydrogens (primary N) is 1. The summed E-state index contributed by atoms with van der Waals surface area (Å²) in [6.07, 6.45) is 4.82. The molecule has 2 atom stereocenters. The number of benzene rings is 1. The predicted octanol–water partition coefficient (Wildman–Crippen LogP) is 2.22. The third kappa shape index (κ3) is 2.96. The zero-order valence-electron chi connectivity index (χ0n) is 12.0. The molecule has 0 spiro atoms. The quantitative estimate of drug-likeness (QED) is 0.899. The maximum absolute atomic E-state index is 13.8. The van der Waals surface area contributed by atoms with Crippen molar-refractivity contribution in [3.8, 4) is 0 Å². The standard InChI is InChI=1S/C16H24FN3/c17-15-6-1-2-7-16(15)20-10-8-19(9-11-20)14-5-3-4-13(18)12-14/h1-2,6-7,13-14H,3-5,8-12,18H2. The van der Waals surface area contributed by atoms with Crippen molar-refractivity contribution in [3.63, 3.8) is 0 Å². The van der Waals surface area contributed by atoms with Crippen LogP contribution in [0.5, 0.6) is 0 Å². The van der Waals surface area contributed by atoms with Crippen LogP contribution in [-0.2, 0) is 0 Å². The molecular weight excluding hydrogens is 253 g/mol. The van der Waals surface area contributed by atoms with Crippen LogP contribution >= 0.6 is 0 Å². The van der Waals surface area contributed by atoms with Gasteiger partial charge in [-0.15, -0.1) is 0 Å². The maximum Gasteiger partial charge on any atom is 0.146 e. The van der Waals surface area contributed by atoms with Crippen LogP contribution in [0.2, 0.25) is 0 Å². The maximum atomic E-state index is 13.8. The number of hydrogen-bond acceptors (Lipinski definition) is 3. The first-order valence-corrected chi connectivity index (χ1v) is 7.73. The Morgan fingerprint density at radius 1 is 1.05 bits per heavy atom. The second-order valence-corrected chi connectivity index (χ2v) is 6.05. The molecule has 1 saturated heterocycles. The van der Waals surface area contributed by atoms with Crippen LogP contribution in [0.15, 0.2) is 24.3 Å². The van der Waals surface area contributed by atoms with Crippen molar-refractivity contribution >= 4 is 5.69 Å². The van der Waals surface area contributed by atoms with Crippen LogP contribution in [-0.4, -0.2) is 43.2 Å². The molecule has 1 saturated carbocycles. The van der Waals surface area contributed by atoms with Gasteiger partial charge in [0.15, 0.2) is 0 Å². The number of halogens is 1. The minimum absolute atomic E-state index is 0.111. The zero-order valence-corrected chi connectivity index (χ0v) is 12.0. The Morgan fingerprint density at radius 3 is 2.50 bits per heavy atom. The van der Waals surface area contributed by atoms with E-state index >= 15 is 0 Å². The molecule has 2 fully saturated rings. The average molecular weight is 277 g/mol. The van der Waals surface area contributed by atoms with Gasteiger partial charge in [0.1, 0.15) is 5.82 Å². The van der Waals surface area contributed by atoms with Gasteiger partial charge in [-0.25, -0.2) is 4.39 Å². The smallest absolute Gasteiger partial charge is 0.146 e. The second kappa shape index (κ2) is 6.10. The molecule has 2 N–H and O–H groups in total. The molecule has 0 bridgehead atoms. The normalized spacial score (nSPS) is 28.6. The highest BCUT2D eigenvalue weighted by molar-refractivity contribution is 5.48. The molecular formula is C16H24FN3. The lowest BCUT2D eigenvalue weighted by Gasteiger charge is -2.42. The zero-order chi connectivity index (χ0) is 13.9. The molecule has 0 radical (unpaired) electrons. The van der Waals surface area contributed by atoms with Gasteiger partial charge in [0.25, 0.3) is 0 Å². The van der Waals surface area contributed by atoms with Crippen molar-refractivity contribution in [1.82, 2.24) is 4.90 Å². The van der Waals surface area contributed by atoms with E-state index in [1.54, 1.807) is 12.1 Å². The van der Waals surface area contributed by atoms with Gasteiger partial charge < -0.3 is 10.6 Å². The highest BCUT2D eigenvalue weighted by Gasteiger charge is 2.28. The lowest BCUT2D eigenvalue weighted by Crippen LogP contribution is -2.52. The first-order chi connectivity index (χ1) is 9.74. The lowest BCUT2D eigenvalue weighted by atomic mass is 9.90. The van der Waals surface area contributed by atoms with E-state index in [4.69, 9.17) is 5.73 Å². The molecule has 2 unspecified atom stereocenters. The molecule has 1 aromatic rings. The fraction of sp³-hybridized carbons (Fsp3) is 0.625. The van der Waals surface area contributed by atoms with Crippen LogP contribution in [0, 0.1) is 5.82 Å². The highest BCUT2D eigenvalue weighted by atomic mass is 19.1. The van der Waals surface area contributed by atoms with E-state index in [-0.39, 0.29) is 5.82 Å². The molecule has 2 aliphatic rings. The van der Waals surface area contributed by atoms with Crippen LogP contribution < -0.4 is 10.6 Å². The van der Waals surface area contributed by atoms with E-state index in [1.165, 1.54) is 19.3 Å². The fourth-order valence-electron chi connectivity index (χ4n) is 3.57. The largest absolute Gasteiger partial charge is 0.367 e. The summed E-state index contributed by atoms with van der Waals surface area (Å²) in [6.45, 7) is 3.86. The van der Waals surface area contributed by atoms with Crippen molar-refractivity contribution in [2.45, 2.75) is 37.8 Å². The van der Waals surface area contributed by atoms with E-state index in [1.807, 2.05) is 12.1 Å². The molecule has 1 aliphatic heterocycles. The number of rotatable bonds is 2. The summed E-state index contributed by atoms with van der Waals surface area (Å²) < 4.78 is 13.8. The number of anilines is 1. The summed E-state index contributed by atoms with van der Waals surface area (Å²) in [5.74, 6) is -0.111. The monoisotopic (exact) mass is 277 g/mol. The summed E-state index contributed by atoms with van der Waals surface area (Å²) >= 11 is 0. The Bertz CT molecular complexity index is 443. The molecule has 1 heterocycles. The minimum Gasteiger partial charge on any atom is -0.367 e.